The van der Waals surface area contributed by atoms with E-state index >= 15 is 0 Å². The van der Waals surface area contributed by atoms with Crippen molar-refractivity contribution in [2.24, 2.45) is 0 Å². The van der Waals surface area contributed by atoms with Crippen molar-refractivity contribution in [3.8, 4) is 5.75 Å². The maximum Gasteiger partial charge on any atom is 0.451 e. The van der Waals surface area contributed by atoms with Crippen molar-refractivity contribution in [1.29, 1.82) is 0 Å². The van der Waals surface area contributed by atoms with Gasteiger partial charge in [-0.1, -0.05) is 23.7 Å². The van der Waals surface area contributed by atoms with Crippen LogP contribution in [-0.4, -0.2) is 32.1 Å². The zero-order valence-corrected chi connectivity index (χ0v) is 16.4. The molecule has 2 aromatic heterocycles. The Morgan fingerprint density at radius 1 is 1.23 bits per heavy atom. The molecule has 1 aliphatic rings. The summed E-state index contributed by atoms with van der Waals surface area (Å²) < 4.78 is 51.3. The predicted molar refractivity (Wildman–Crippen MR) is 99.0 cm³/mol. The van der Waals surface area contributed by atoms with Crippen LogP contribution in [0.5, 0.6) is 5.75 Å². The van der Waals surface area contributed by atoms with Crippen LogP contribution in [0.25, 0.3) is 0 Å². The number of rotatable bonds is 4. The van der Waals surface area contributed by atoms with Gasteiger partial charge in [-0.25, -0.2) is 0 Å². The van der Waals surface area contributed by atoms with Gasteiger partial charge in [0.05, 0.1) is 11.1 Å². The fraction of sp³-hybridized carbons (Fsp3) is 0.316. The Balaban J connectivity index is 1.47. The highest BCUT2D eigenvalue weighted by Crippen LogP contribution is 2.33. The average Bonchev–Trinajstić information content (AvgIpc) is 3.34. The lowest BCUT2D eigenvalue weighted by Crippen LogP contribution is -2.41. The third-order valence-electron chi connectivity index (χ3n) is 4.78. The maximum atomic E-state index is 13.0. The van der Waals surface area contributed by atoms with Crippen LogP contribution in [0.3, 0.4) is 0 Å². The standard InChI is InChI=1S/C19H16ClF3N4O3/c1-11-16-24-25-18(19(21,22)23)27(16)9-8-26(11)17(28)15-7-6-12(30-15)10-29-14-5-3-2-4-13(14)20/h2-7,11H,8-10H2,1H3. The molecule has 0 saturated heterocycles. The highest BCUT2D eigenvalue weighted by Gasteiger charge is 2.42. The van der Waals surface area contributed by atoms with E-state index in [1.54, 1.807) is 37.3 Å². The van der Waals surface area contributed by atoms with Crippen LogP contribution < -0.4 is 4.74 Å². The van der Waals surface area contributed by atoms with Crippen molar-refractivity contribution < 1.29 is 27.1 Å². The monoisotopic (exact) mass is 440 g/mol. The van der Waals surface area contributed by atoms with Gasteiger partial charge in [-0.05, 0) is 31.2 Å². The molecule has 1 atom stereocenters. The molecular formula is C19H16ClF3N4O3. The first-order chi connectivity index (χ1) is 14.3. The summed E-state index contributed by atoms with van der Waals surface area (Å²) in [5.41, 5.74) is 0. The molecule has 4 rings (SSSR count). The lowest BCUT2D eigenvalue weighted by molar-refractivity contribution is -0.148. The second-order valence-electron chi connectivity index (χ2n) is 6.69. The van der Waals surface area contributed by atoms with Crippen LogP contribution in [0.4, 0.5) is 13.2 Å². The number of ether oxygens (including phenoxy) is 1. The molecule has 3 heterocycles. The Bertz CT molecular complexity index is 1080. The van der Waals surface area contributed by atoms with E-state index in [-0.39, 0.29) is 31.3 Å². The van der Waals surface area contributed by atoms with E-state index in [2.05, 4.69) is 10.2 Å². The number of alkyl halides is 3. The molecule has 0 bridgehead atoms. The number of nitrogens with zero attached hydrogens (tertiary/aromatic N) is 4. The van der Waals surface area contributed by atoms with Gasteiger partial charge in [0.1, 0.15) is 18.1 Å². The number of hydrogen-bond acceptors (Lipinski definition) is 5. The Morgan fingerprint density at radius 3 is 2.73 bits per heavy atom. The number of para-hydroxylation sites is 1. The molecule has 0 N–H and O–H groups in total. The largest absolute Gasteiger partial charge is 0.484 e. The summed E-state index contributed by atoms with van der Waals surface area (Å²) in [6, 6.07) is 9.36. The molecule has 11 heteroatoms. The van der Waals surface area contributed by atoms with Gasteiger partial charge in [0.25, 0.3) is 5.91 Å². The second-order valence-corrected chi connectivity index (χ2v) is 7.10. The number of hydrogen-bond donors (Lipinski definition) is 0. The summed E-state index contributed by atoms with van der Waals surface area (Å²) in [5, 5.41) is 7.34. The summed E-state index contributed by atoms with van der Waals surface area (Å²) in [6.07, 6.45) is -4.60. The fourth-order valence-electron chi connectivity index (χ4n) is 3.30. The van der Waals surface area contributed by atoms with Crippen molar-refractivity contribution in [3.63, 3.8) is 0 Å². The molecule has 7 nitrogen and oxygen atoms in total. The summed E-state index contributed by atoms with van der Waals surface area (Å²) in [4.78, 5) is 14.3. The first-order valence-corrected chi connectivity index (χ1v) is 9.41. The highest BCUT2D eigenvalue weighted by atomic mass is 35.5. The van der Waals surface area contributed by atoms with E-state index < -0.39 is 23.9 Å². The first-order valence-electron chi connectivity index (χ1n) is 9.03. The molecule has 0 spiro atoms. The maximum absolute atomic E-state index is 13.0. The second kappa shape index (κ2) is 7.67. The van der Waals surface area contributed by atoms with Crippen molar-refractivity contribution in [3.05, 3.63) is 64.6 Å². The summed E-state index contributed by atoms with van der Waals surface area (Å²) in [7, 11) is 0. The average molecular weight is 441 g/mol. The van der Waals surface area contributed by atoms with Crippen LogP contribution in [0, 0.1) is 0 Å². The van der Waals surface area contributed by atoms with E-state index in [9.17, 15) is 18.0 Å². The molecule has 158 valence electrons. The van der Waals surface area contributed by atoms with Crippen molar-refractivity contribution in [1.82, 2.24) is 19.7 Å². The van der Waals surface area contributed by atoms with Gasteiger partial charge in [-0.15, -0.1) is 10.2 Å². The number of amides is 1. The van der Waals surface area contributed by atoms with Crippen molar-refractivity contribution in [2.45, 2.75) is 32.3 Å². The van der Waals surface area contributed by atoms with Crippen LogP contribution in [0.1, 0.15) is 40.9 Å². The predicted octanol–water partition coefficient (Wildman–Crippen LogP) is 4.34. The van der Waals surface area contributed by atoms with Gasteiger partial charge in [-0.2, -0.15) is 13.2 Å². The Hall–Kier alpha value is -3.01. The summed E-state index contributed by atoms with van der Waals surface area (Å²) in [6.45, 7) is 1.68. The van der Waals surface area contributed by atoms with E-state index in [1.165, 1.54) is 11.0 Å². The van der Waals surface area contributed by atoms with E-state index in [0.717, 1.165) is 4.57 Å². The molecule has 1 unspecified atom stereocenters. The third kappa shape index (κ3) is 3.74. The number of carbonyl (C=O) groups excluding carboxylic acids is 1. The zero-order valence-electron chi connectivity index (χ0n) is 15.7. The van der Waals surface area contributed by atoms with Gasteiger partial charge in [0.15, 0.2) is 11.6 Å². The first kappa shape index (κ1) is 20.3. The highest BCUT2D eigenvalue weighted by molar-refractivity contribution is 6.32. The van der Waals surface area contributed by atoms with E-state index in [0.29, 0.717) is 16.5 Å². The number of halogens is 4. The lowest BCUT2D eigenvalue weighted by atomic mass is 10.2. The zero-order chi connectivity index (χ0) is 21.5. The smallest absolute Gasteiger partial charge is 0.451 e. The molecule has 0 aliphatic carbocycles. The molecule has 1 aliphatic heterocycles. The van der Waals surface area contributed by atoms with Gasteiger partial charge in [0.2, 0.25) is 5.82 Å². The van der Waals surface area contributed by atoms with Crippen molar-refractivity contribution >= 4 is 17.5 Å². The number of aromatic nitrogens is 3. The Kier molecular flexibility index (Phi) is 5.19. The fourth-order valence-corrected chi connectivity index (χ4v) is 3.49. The molecule has 3 aromatic rings. The van der Waals surface area contributed by atoms with Crippen LogP contribution in [0.15, 0.2) is 40.8 Å². The molecule has 1 amide bonds. The number of fused-ring (bicyclic) bond motifs is 1. The minimum absolute atomic E-state index is 0.0589. The van der Waals surface area contributed by atoms with Gasteiger partial charge in [0, 0.05) is 13.1 Å². The molecule has 0 saturated carbocycles. The summed E-state index contributed by atoms with van der Waals surface area (Å²) in [5.74, 6) is -0.486. The van der Waals surface area contributed by atoms with E-state index in [4.69, 9.17) is 20.8 Å². The minimum atomic E-state index is -4.60. The molecule has 0 radical (unpaired) electrons. The van der Waals surface area contributed by atoms with Crippen molar-refractivity contribution in [2.75, 3.05) is 6.54 Å². The van der Waals surface area contributed by atoms with Gasteiger partial charge >= 0.3 is 6.18 Å². The topological polar surface area (TPSA) is 73.4 Å². The number of furan rings is 1. The van der Waals surface area contributed by atoms with Crippen LogP contribution in [0.2, 0.25) is 5.02 Å². The van der Waals surface area contributed by atoms with Gasteiger partial charge < -0.3 is 18.6 Å². The Morgan fingerprint density at radius 2 is 2.00 bits per heavy atom. The van der Waals surface area contributed by atoms with Gasteiger partial charge in [-0.3, -0.25) is 4.79 Å². The minimum Gasteiger partial charge on any atom is -0.484 e. The Labute approximate surface area is 174 Å². The van der Waals surface area contributed by atoms with E-state index in [1.807, 2.05) is 0 Å². The quantitative estimate of drug-likeness (QED) is 0.603. The molecular weight excluding hydrogens is 425 g/mol. The van der Waals surface area contributed by atoms with Crippen LogP contribution in [-0.2, 0) is 19.3 Å². The summed E-state index contributed by atoms with van der Waals surface area (Å²) >= 11 is 6.04. The molecule has 1 aromatic carbocycles. The SMILES string of the molecule is CC1c2nnc(C(F)(F)F)n2CCN1C(=O)c1ccc(COc2ccccc2Cl)o1. The normalized spacial score (nSPS) is 16.4. The third-order valence-corrected chi connectivity index (χ3v) is 5.09. The molecule has 0 fully saturated rings. The lowest BCUT2D eigenvalue weighted by Gasteiger charge is -2.33. The number of benzene rings is 1. The van der Waals surface area contributed by atoms with Crippen LogP contribution >= 0.6 is 11.6 Å². The molecule has 30 heavy (non-hydrogen) atoms. The number of carbonyl (C=O) groups is 1.